The van der Waals surface area contributed by atoms with E-state index in [0.29, 0.717) is 12.2 Å². The van der Waals surface area contributed by atoms with Crippen molar-refractivity contribution in [2.75, 3.05) is 5.43 Å². The van der Waals surface area contributed by atoms with Crippen molar-refractivity contribution in [3.05, 3.63) is 95.6 Å². The Morgan fingerprint density at radius 3 is 2.52 bits per heavy atom. The fourth-order valence-electron chi connectivity index (χ4n) is 2.22. The molecule has 3 rings (SSSR count). The number of anilines is 1. The molecule has 0 aliphatic carbocycles. The number of hydrogen-bond acceptors (Lipinski definition) is 4. The predicted molar refractivity (Wildman–Crippen MR) is 99.6 cm³/mol. The molecule has 4 heteroatoms. The average molecular weight is 327 g/mol. The Kier molecular flexibility index (Phi) is 5.42. The third-order valence-electron chi connectivity index (χ3n) is 3.53. The number of benzene rings is 3. The molecular formula is C21H17N3O. The molecular weight excluding hydrogens is 310 g/mol. The fourth-order valence-corrected chi connectivity index (χ4v) is 2.22. The van der Waals surface area contributed by atoms with Crippen molar-refractivity contribution in [1.29, 1.82) is 5.26 Å². The van der Waals surface area contributed by atoms with Crippen molar-refractivity contribution in [1.82, 2.24) is 0 Å². The van der Waals surface area contributed by atoms with E-state index in [1.165, 1.54) is 0 Å². The van der Waals surface area contributed by atoms with Crippen LogP contribution in [0.15, 0.2) is 84.0 Å². The second-order valence-electron chi connectivity index (χ2n) is 5.41. The standard InChI is InChI=1S/C21H17N3O/c22-14-17-9-11-18(12-10-17)16-25-21-8-4-5-19(13-21)15-23-24-20-6-2-1-3-7-20/h1-13,15,24H,16H2. The first kappa shape index (κ1) is 16.3. The Morgan fingerprint density at radius 1 is 0.960 bits per heavy atom. The summed E-state index contributed by atoms with van der Waals surface area (Å²) in [5.74, 6) is 0.771. The van der Waals surface area contributed by atoms with Crippen LogP contribution in [0, 0.1) is 11.3 Å². The molecule has 0 unspecified atom stereocenters. The molecule has 0 radical (unpaired) electrons. The molecule has 0 aromatic heterocycles. The highest BCUT2D eigenvalue weighted by Crippen LogP contribution is 2.15. The maximum Gasteiger partial charge on any atom is 0.120 e. The van der Waals surface area contributed by atoms with Gasteiger partial charge in [-0.3, -0.25) is 5.43 Å². The quantitative estimate of drug-likeness (QED) is 0.532. The zero-order chi connectivity index (χ0) is 17.3. The third kappa shape index (κ3) is 4.95. The molecule has 0 aliphatic rings. The van der Waals surface area contributed by atoms with Gasteiger partial charge in [0.1, 0.15) is 12.4 Å². The van der Waals surface area contributed by atoms with Crippen LogP contribution in [0.1, 0.15) is 16.7 Å². The number of hydrazone groups is 1. The van der Waals surface area contributed by atoms with Gasteiger partial charge in [0, 0.05) is 0 Å². The molecule has 0 aliphatic heterocycles. The summed E-state index contributed by atoms with van der Waals surface area (Å²) in [6.45, 7) is 0.453. The first-order valence-electron chi connectivity index (χ1n) is 7.89. The Bertz CT molecular complexity index is 881. The summed E-state index contributed by atoms with van der Waals surface area (Å²) in [5.41, 5.74) is 6.53. The lowest BCUT2D eigenvalue weighted by atomic mass is 10.1. The highest BCUT2D eigenvalue weighted by atomic mass is 16.5. The largest absolute Gasteiger partial charge is 0.489 e. The zero-order valence-corrected chi connectivity index (χ0v) is 13.6. The van der Waals surface area contributed by atoms with Crippen LogP contribution in [-0.4, -0.2) is 6.21 Å². The summed E-state index contributed by atoms with van der Waals surface area (Å²) in [4.78, 5) is 0. The van der Waals surface area contributed by atoms with E-state index in [1.54, 1.807) is 18.3 Å². The van der Waals surface area contributed by atoms with Crippen molar-refractivity contribution in [2.45, 2.75) is 6.61 Å². The molecule has 4 nitrogen and oxygen atoms in total. The number of nitriles is 1. The number of para-hydroxylation sites is 1. The lowest BCUT2D eigenvalue weighted by Crippen LogP contribution is -1.96. The first-order valence-corrected chi connectivity index (χ1v) is 7.89. The minimum Gasteiger partial charge on any atom is -0.489 e. The second kappa shape index (κ2) is 8.32. The third-order valence-corrected chi connectivity index (χ3v) is 3.53. The Hall–Kier alpha value is -3.58. The number of nitrogens with one attached hydrogen (secondary N) is 1. The number of rotatable bonds is 6. The van der Waals surface area contributed by atoms with E-state index in [4.69, 9.17) is 10.00 Å². The van der Waals surface area contributed by atoms with Crippen molar-refractivity contribution >= 4 is 11.9 Å². The molecule has 1 N–H and O–H groups in total. The Morgan fingerprint density at radius 2 is 1.76 bits per heavy atom. The van der Waals surface area contributed by atoms with Gasteiger partial charge in [-0.2, -0.15) is 10.4 Å². The molecule has 3 aromatic rings. The van der Waals surface area contributed by atoms with Gasteiger partial charge in [-0.25, -0.2) is 0 Å². The van der Waals surface area contributed by atoms with Crippen LogP contribution >= 0.6 is 0 Å². The molecule has 0 saturated carbocycles. The van der Waals surface area contributed by atoms with Crippen LogP contribution in [0.2, 0.25) is 0 Å². The van der Waals surface area contributed by atoms with Crippen molar-refractivity contribution in [2.24, 2.45) is 5.10 Å². The van der Waals surface area contributed by atoms with Gasteiger partial charge in [0.15, 0.2) is 0 Å². The van der Waals surface area contributed by atoms with Crippen molar-refractivity contribution in [3.63, 3.8) is 0 Å². The highest BCUT2D eigenvalue weighted by Gasteiger charge is 1.98. The Balaban J connectivity index is 1.58. The molecule has 0 amide bonds. The monoisotopic (exact) mass is 327 g/mol. The van der Waals surface area contributed by atoms with E-state index in [2.05, 4.69) is 16.6 Å². The summed E-state index contributed by atoms with van der Waals surface area (Å²) in [6.07, 6.45) is 1.75. The van der Waals surface area contributed by atoms with Gasteiger partial charge in [0.05, 0.1) is 23.5 Å². The van der Waals surface area contributed by atoms with E-state index < -0.39 is 0 Å². The van der Waals surface area contributed by atoms with Gasteiger partial charge in [-0.05, 0) is 47.5 Å². The number of hydrogen-bond donors (Lipinski definition) is 1. The van der Waals surface area contributed by atoms with E-state index in [1.807, 2.05) is 66.7 Å². The average Bonchev–Trinajstić information content (AvgIpc) is 2.68. The van der Waals surface area contributed by atoms with Crippen molar-refractivity contribution < 1.29 is 4.74 Å². The minimum absolute atomic E-state index is 0.453. The van der Waals surface area contributed by atoms with E-state index in [0.717, 1.165) is 22.6 Å². The van der Waals surface area contributed by atoms with Crippen LogP contribution in [0.25, 0.3) is 0 Å². The number of nitrogens with zero attached hydrogens (tertiary/aromatic N) is 2. The summed E-state index contributed by atoms with van der Waals surface area (Å²) < 4.78 is 5.81. The summed E-state index contributed by atoms with van der Waals surface area (Å²) in [7, 11) is 0. The second-order valence-corrected chi connectivity index (χ2v) is 5.41. The maximum atomic E-state index is 8.81. The molecule has 0 heterocycles. The normalized spacial score (nSPS) is 10.4. The summed E-state index contributed by atoms with van der Waals surface area (Å²) >= 11 is 0. The molecule has 0 saturated heterocycles. The molecule has 122 valence electrons. The molecule has 0 bridgehead atoms. The maximum absolute atomic E-state index is 8.81. The SMILES string of the molecule is N#Cc1ccc(COc2cccc(C=NNc3ccccc3)c2)cc1. The smallest absolute Gasteiger partial charge is 0.120 e. The Labute approximate surface area is 147 Å². The van der Waals surface area contributed by atoms with Crippen LogP contribution in [0.5, 0.6) is 5.75 Å². The van der Waals surface area contributed by atoms with Crippen LogP contribution in [0.3, 0.4) is 0 Å². The van der Waals surface area contributed by atoms with Crippen molar-refractivity contribution in [3.8, 4) is 11.8 Å². The van der Waals surface area contributed by atoms with E-state index >= 15 is 0 Å². The van der Waals surface area contributed by atoms with Gasteiger partial charge >= 0.3 is 0 Å². The van der Waals surface area contributed by atoms with Crippen LogP contribution in [0.4, 0.5) is 5.69 Å². The lowest BCUT2D eigenvalue weighted by molar-refractivity contribution is 0.306. The number of ether oxygens (including phenoxy) is 1. The molecule has 0 spiro atoms. The van der Waals surface area contributed by atoms with Crippen LogP contribution < -0.4 is 10.2 Å². The van der Waals surface area contributed by atoms with Crippen LogP contribution in [-0.2, 0) is 6.61 Å². The molecule has 3 aromatic carbocycles. The predicted octanol–water partition coefficient (Wildman–Crippen LogP) is 4.58. The van der Waals surface area contributed by atoms with Gasteiger partial charge in [0.2, 0.25) is 0 Å². The lowest BCUT2D eigenvalue weighted by Gasteiger charge is -2.07. The molecule has 0 fully saturated rings. The topological polar surface area (TPSA) is 57.4 Å². The van der Waals surface area contributed by atoms with Gasteiger partial charge in [-0.15, -0.1) is 0 Å². The van der Waals surface area contributed by atoms with E-state index in [9.17, 15) is 0 Å². The fraction of sp³-hybridized carbons (Fsp3) is 0.0476. The van der Waals surface area contributed by atoms with Gasteiger partial charge in [-0.1, -0.05) is 42.5 Å². The zero-order valence-electron chi connectivity index (χ0n) is 13.6. The highest BCUT2D eigenvalue weighted by molar-refractivity contribution is 5.80. The van der Waals surface area contributed by atoms with Gasteiger partial charge in [0.25, 0.3) is 0 Å². The van der Waals surface area contributed by atoms with E-state index in [-0.39, 0.29) is 0 Å². The molecule has 0 atom stereocenters. The summed E-state index contributed by atoms with van der Waals surface area (Å²) in [5, 5.41) is 13.0. The van der Waals surface area contributed by atoms with Gasteiger partial charge < -0.3 is 4.74 Å². The first-order chi connectivity index (χ1) is 12.3. The molecule has 25 heavy (non-hydrogen) atoms. The summed E-state index contributed by atoms with van der Waals surface area (Å²) in [6, 6.07) is 27.0. The minimum atomic E-state index is 0.453.